The molecule has 8 heteroatoms. The van der Waals surface area contributed by atoms with E-state index in [4.69, 9.17) is 4.52 Å². The summed E-state index contributed by atoms with van der Waals surface area (Å²) in [6.45, 7) is 3.28. The fourth-order valence-corrected chi connectivity index (χ4v) is 2.97. The molecule has 0 radical (unpaired) electrons. The van der Waals surface area contributed by atoms with E-state index in [0.717, 1.165) is 5.56 Å². The van der Waals surface area contributed by atoms with E-state index in [2.05, 4.69) is 15.5 Å². The van der Waals surface area contributed by atoms with Gasteiger partial charge in [0, 0.05) is 12.6 Å². The number of hydrogen-bond acceptors (Lipinski definition) is 6. The molecule has 2 rings (SSSR count). The summed E-state index contributed by atoms with van der Waals surface area (Å²) in [5, 5.41) is 4.81. The Kier molecular flexibility index (Phi) is 4.60. The number of rotatable bonds is 5. The zero-order chi connectivity index (χ0) is 16.3. The molecule has 1 atom stereocenters. The molecule has 0 bridgehead atoms. The van der Waals surface area contributed by atoms with Gasteiger partial charge in [0.2, 0.25) is 5.91 Å². The van der Waals surface area contributed by atoms with E-state index < -0.39 is 26.7 Å². The zero-order valence-electron chi connectivity index (χ0n) is 12.5. The molecule has 0 aliphatic carbocycles. The minimum absolute atomic E-state index is 0.0336. The molecule has 1 aromatic heterocycles. The second-order valence-electron chi connectivity index (χ2n) is 4.95. The Bertz CT molecular complexity index is 766. The minimum Gasteiger partial charge on any atom is -0.358 e. The molecule has 1 heterocycles. The monoisotopic (exact) mass is 323 g/mol. The lowest BCUT2D eigenvalue weighted by atomic mass is 10.1. The van der Waals surface area contributed by atoms with Crippen molar-refractivity contribution in [3.63, 3.8) is 0 Å². The average Bonchev–Trinajstić information content (AvgIpc) is 2.94. The molecule has 0 aliphatic heterocycles. The van der Waals surface area contributed by atoms with Gasteiger partial charge in [-0.15, -0.1) is 0 Å². The van der Waals surface area contributed by atoms with Crippen molar-refractivity contribution in [1.29, 1.82) is 0 Å². The summed E-state index contributed by atoms with van der Waals surface area (Å²) in [6, 6.07) is 7.41. The second kappa shape index (κ2) is 6.27. The van der Waals surface area contributed by atoms with E-state index in [0.29, 0.717) is 5.56 Å². The highest BCUT2D eigenvalue weighted by atomic mass is 32.2. The Balaban J connectivity index is 2.18. The topological polar surface area (TPSA) is 102 Å². The second-order valence-corrected chi connectivity index (χ2v) is 7.27. The van der Waals surface area contributed by atoms with Gasteiger partial charge in [0.15, 0.2) is 15.7 Å². The van der Waals surface area contributed by atoms with Crippen LogP contribution in [0.15, 0.2) is 28.8 Å². The van der Waals surface area contributed by atoms with Gasteiger partial charge in [-0.3, -0.25) is 4.79 Å². The van der Waals surface area contributed by atoms with Gasteiger partial charge in [0.1, 0.15) is 11.0 Å². The average molecular weight is 323 g/mol. The number of benzene rings is 1. The lowest BCUT2D eigenvalue weighted by Crippen LogP contribution is -2.36. The lowest BCUT2D eigenvalue weighted by molar-refractivity contribution is -0.119. The van der Waals surface area contributed by atoms with Crippen molar-refractivity contribution in [2.75, 3.05) is 7.05 Å². The van der Waals surface area contributed by atoms with Gasteiger partial charge in [0.25, 0.3) is 5.89 Å². The molecule has 118 valence electrons. The van der Waals surface area contributed by atoms with Gasteiger partial charge in [-0.2, -0.15) is 4.98 Å². The largest absolute Gasteiger partial charge is 0.358 e. The number of aryl methyl sites for hydroxylation is 1. The maximum absolute atomic E-state index is 12.1. The van der Waals surface area contributed by atoms with Crippen molar-refractivity contribution in [2.45, 2.75) is 24.9 Å². The van der Waals surface area contributed by atoms with Crippen molar-refractivity contribution in [1.82, 2.24) is 15.5 Å². The predicted molar refractivity (Wildman–Crippen MR) is 80.6 cm³/mol. The van der Waals surface area contributed by atoms with Crippen LogP contribution >= 0.6 is 0 Å². The molecule has 0 saturated heterocycles. The number of nitrogens with zero attached hydrogens (tertiary/aromatic N) is 2. The highest BCUT2D eigenvalue weighted by molar-refractivity contribution is 7.92. The number of carbonyl (C=O) groups is 1. The molecule has 1 amide bonds. The minimum atomic E-state index is -3.70. The van der Waals surface area contributed by atoms with Crippen LogP contribution in [-0.2, 0) is 20.4 Å². The number of nitrogens with one attached hydrogen (secondary N) is 1. The van der Waals surface area contributed by atoms with Crippen molar-refractivity contribution in [3.8, 4) is 11.5 Å². The molecule has 7 nitrogen and oxygen atoms in total. The smallest absolute Gasteiger partial charge is 0.257 e. The number of hydrogen-bond donors (Lipinski definition) is 1. The highest BCUT2D eigenvalue weighted by Crippen LogP contribution is 2.19. The Morgan fingerprint density at radius 3 is 2.55 bits per heavy atom. The third kappa shape index (κ3) is 3.51. The summed E-state index contributed by atoms with van der Waals surface area (Å²) in [5.74, 6) is -0.733. The van der Waals surface area contributed by atoms with Crippen molar-refractivity contribution in [2.24, 2.45) is 0 Å². The van der Waals surface area contributed by atoms with Crippen LogP contribution in [0.4, 0.5) is 0 Å². The van der Waals surface area contributed by atoms with Crippen molar-refractivity contribution < 1.29 is 17.7 Å². The number of aromatic nitrogens is 2. The standard InChI is InChI=1S/C14H17N3O4S/c1-9-4-6-11(7-5-9)14-16-12(17-21-14)8-22(19,20)10(2)13(18)15-3/h4-7,10H,8H2,1-3H3,(H,15,18). The van der Waals surface area contributed by atoms with Gasteiger partial charge in [-0.05, 0) is 26.0 Å². The first kappa shape index (κ1) is 16.2. The molecule has 1 aromatic carbocycles. The Labute approximate surface area is 128 Å². The van der Waals surface area contributed by atoms with E-state index in [1.165, 1.54) is 14.0 Å². The van der Waals surface area contributed by atoms with E-state index in [1.807, 2.05) is 31.2 Å². The van der Waals surface area contributed by atoms with Crippen LogP contribution < -0.4 is 5.32 Å². The predicted octanol–water partition coefficient (Wildman–Crippen LogP) is 1.09. The van der Waals surface area contributed by atoms with Gasteiger partial charge < -0.3 is 9.84 Å². The molecule has 22 heavy (non-hydrogen) atoms. The fourth-order valence-electron chi connectivity index (χ4n) is 1.80. The fraction of sp³-hybridized carbons (Fsp3) is 0.357. The molecule has 0 saturated carbocycles. The van der Waals surface area contributed by atoms with Crippen LogP contribution in [0.5, 0.6) is 0 Å². The summed E-state index contributed by atoms with van der Waals surface area (Å²) >= 11 is 0. The molecular formula is C14H17N3O4S. The maximum Gasteiger partial charge on any atom is 0.257 e. The quantitative estimate of drug-likeness (QED) is 0.884. The van der Waals surface area contributed by atoms with Crippen LogP contribution in [-0.4, -0.2) is 36.8 Å². The van der Waals surface area contributed by atoms with Crippen LogP contribution in [0, 0.1) is 6.92 Å². The number of sulfone groups is 1. The van der Waals surface area contributed by atoms with Gasteiger partial charge >= 0.3 is 0 Å². The lowest BCUT2D eigenvalue weighted by Gasteiger charge is -2.09. The third-order valence-corrected chi connectivity index (χ3v) is 5.20. The molecule has 0 fully saturated rings. The van der Waals surface area contributed by atoms with E-state index in [9.17, 15) is 13.2 Å². The molecule has 0 aliphatic rings. The molecular weight excluding hydrogens is 306 g/mol. The Hall–Kier alpha value is -2.22. The zero-order valence-corrected chi connectivity index (χ0v) is 13.3. The van der Waals surface area contributed by atoms with Gasteiger partial charge in [-0.1, -0.05) is 22.9 Å². The Morgan fingerprint density at radius 2 is 1.95 bits per heavy atom. The summed E-state index contributed by atoms with van der Waals surface area (Å²) in [6.07, 6.45) is 0. The number of carbonyl (C=O) groups excluding carboxylic acids is 1. The maximum atomic E-state index is 12.1. The molecule has 0 spiro atoms. The molecule has 1 N–H and O–H groups in total. The van der Waals surface area contributed by atoms with Gasteiger partial charge in [0.05, 0.1) is 0 Å². The third-order valence-electron chi connectivity index (χ3n) is 3.25. The van der Waals surface area contributed by atoms with Crippen molar-refractivity contribution in [3.05, 3.63) is 35.7 Å². The molecule has 1 unspecified atom stereocenters. The van der Waals surface area contributed by atoms with Gasteiger partial charge in [-0.25, -0.2) is 8.42 Å². The first-order chi connectivity index (χ1) is 10.3. The number of amides is 1. The van der Waals surface area contributed by atoms with E-state index >= 15 is 0 Å². The van der Waals surface area contributed by atoms with Crippen LogP contribution in [0.1, 0.15) is 18.3 Å². The summed E-state index contributed by atoms with van der Waals surface area (Å²) in [4.78, 5) is 15.5. The summed E-state index contributed by atoms with van der Waals surface area (Å²) in [7, 11) is -2.31. The van der Waals surface area contributed by atoms with E-state index in [-0.39, 0.29) is 11.7 Å². The van der Waals surface area contributed by atoms with Crippen LogP contribution in [0.3, 0.4) is 0 Å². The van der Waals surface area contributed by atoms with E-state index in [1.54, 1.807) is 0 Å². The first-order valence-corrected chi connectivity index (χ1v) is 8.38. The summed E-state index contributed by atoms with van der Waals surface area (Å²) < 4.78 is 29.3. The highest BCUT2D eigenvalue weighted by Gasteiger charge is 2.29. The SMILES string of the molecule is CNC(=O)C(C)S(=O)(=O)Cc1noc(-c2ccc(C)cc2)n1. The van der Waals surface area contributed by atoms with Crippen LogP contribution in [0.25, 0.3) is 11.5 Å². The Morgan fingerprint density at radius 1 is 1.32 bits per heavy atom. The van der Waals surface area contributed by atoms with Crippen LogP contribution in [0.2, 0.25) is 0 Å². The summed E-state index contributed by atoms with van der Waals surface area (Å²) in [5.41, 5.74) is 1.80. The van der Waals surface area contributed by atoms with Crippen molar-refractivity contribution >= 4 is 15.7 Å². The normalized spacial score (nSPS) is 12.9. The first-order valence-electron chi connectivity index (χ1n) is 6.66. The molecule has 2 aromatic rings.